The van der Waals surface area contributed by atoms with Crippen molar-refractivity contribution in [3.8, 4) is 0 Å². The van der Waals surface area contributed by atoms with Gasteiger partial charge in [0.2, 0.25) is 5.91 Å². The number of anilines is 2. The van der Waals surface area contributed by atoms with E-state index >= 15 is 0 Å². The Hall–Kier alpha value is -1.69. The SMILES string of the molecule is Nc1ccccc1NC(=O)C1CSC(=O)N1. The second-order valence-corrected chi connectivity index (χ2v) is 4.36. The van der Waals surface area contributed by atoms with Gasteiger partial charge in [-0.15, -0.1) is 0 Å². The lowest BCUT2D eigenvalue weighted by molar-refractivity contribution is -0.117. The highest BCUT2D eigenvalue weighted by Crippen LogP contribution is 2.19. The molecule has 1 unspecified atom stereocenters. The first-order chi connectivity index (χ1) is 7.66. The quantitative estimate of drug-likeness (QED) is 0.671. The van der Waals surface area contributed by atoms with Crippen LogP contribution in [0.15, 0.2) is 24.3 Å². The molecular formula is C10H11N3O2S. The lowest BCUT2D eigenvalue weighted by atomic mass is 10.2. The fourth-order valence-electron chi connectivity index (χ4n) is 1.36. The van der Waals surface area contributed by atoms with Crippen molar-refractivity contribution in [3.63, 3.8) is 0 Å². The number of benzene rings is 1. The van der Waals surface area contributed by atoms with Crippen molar-refractivity contribution in [2.45, 2.75) is 6.04 Å². The molecule has 5 nitrogen and oxygen atoms in total. The number of hydrogen-bond donors (Lipinski definition) is 3. The van der Waals surface area contributed by atoms with Crippen LogP contribution in [-0.4, -0.2) is 22.9 Å². The van der Waals surface area contributed by atoms with Crippen LogP contribution in [0.2, 0.25) is 0 Å². The van der Waals surface area contributed by atoms with E-state index in [1.54, 1.807) is 24.3 Å². The zero-order chi connectivity index (χ0) is 11.5. The van der Waals surface area contributed by atoms with Gasteiger partial charge in [-0.3, -0.25) is 9.59 Å². The maximum atomic E-state index is 11.7. The van der Waals surface area contributed by atoms with E-state index in [1.807, 2.05) is 0 Å². The fourth-order valence-corrected chi connectivity index (χ4v) is 2.13. The van der Waals surface area contributed by atoms with E-state index < -0.39 is 6.04 Å². The highest BCUT2D eigenvalue weighted by Gasteiger charge is 2.28. The number of amides is 2. The summed E-state index contributed by atoms with van der Waals surface area (Å²) in [6, 6.07) is 6.53. The van der Waals surface area contributed by atoms with Gasteiger partial charge in [-0.05, 0) is 12.1 Å². The van der Waals surface area contributed by atoms with Crippen molar-refractivity contribution in [1.29, 1.82) is 0 Å². The Morgan fingerprint density at radius 2 is 2.25 bits per heavy atom. The summed E-state index contributed by atoms with van der Waals surface area (Å²) in [6.45, 7) is 0. The van der Waals surface area contributed by atoms with Gasteiger partial charge in [-0.25, -0.2) is 0 Å². The average Bonchev–Trinajstić information content (AvgIpc) is 2.68. The van der Waals surface area contributed by atoms with Crippen LogP contribution < -0.4 is 16.4 Å². The second kappa shape index (κ2) is 4.44. The first kappa shape index (κ1) is 10.8. The monoisotopic (exact) mass is 237 g/mol. The van der Waals surface area contributed by atoms with Crippen molar-refractivity contribution in [3.05, 3.63) is 24.3 Å². The lowest BCUT2D eigenvalue weighted by Crippen LogP contribution is -2.38. The zero-order valence-electron chi connectivity index (χ0n) is 8.40. The Balaban J connectivity index is 2.03. The van der Waals surface area contributed by atoms with Gasteiger partial charge in [0.15, 0.2) is 0 Å². The summed E-state index contributed by atoms with van der Waals surface area (Å²) in [5, 5.41) is 5.08. The topological polar surface area (TPSA) is 84.2 Å². The van der Waals surface area contributed by atoms with Crippen molar-refractivity contribution in [1.82, 2.24) is 5.32 Å². The number of para-hydroxylation sites is 2. The Morgan fingerprint density at radius 3 is 2.88 bits per heavy atom. The van der Waals surface area contributed by atoms with Crippen LogP contribution in [0.4, 0.5) is 16.2 Å². The van der Waals surface area contributed by atoms with E-state index in [0.717, 1.165) is 11.8 Å². The molecule has 1 fully saturated rings. The maximum Gasteiger partial charge on any atom is 0.279 e. The molecule has 4 N–H and O–H groups in total. The van der Waals surface area contributed by atoms with Crippen molar-refractivity contribution < 1.29 is 9.59 Å². The molecule has 1 aromatic carbocycles. The first-order valence-corrected chi connectivity index (χ1v) is 5.74. The van der Waals surface area contributed by atoms with E-state index in [9.17, 15) is 9.59 Å². The molecule has 16 heavy (non-hydrogen) atoms. The Bertz CT molecular complexity index is 436. The van der Waals surface area contributed by atoms with Gasteiger partial charge in [-0.1, -0.05) is 23.9 Å². The largest absolute Gasteiger partial charge is 0.397 e. The molecule has 2 amide bonds. The predicted molar refractivity (Wildman–Crippen MR) is 64.3 cm³/mol. The van der Waals surface area contributed by atoms with Crippen LogP contribution >= 0.6 is 11.8 Å². The van der Waals surface area contributed by atoms with E-state index in [-0.39, 0.29) is 11.1 Å². The zero-order valence-corrected chi connectivity index (χ0v) is 9.21. The highest BCUT2D eigenvalue weighted by molar-refractivity contribution is 8.14. The molecule has 0 aliphatic carbocycles. The van der Waals surface area contributed by atoms with Gasteiger partial charge in [0.1, 0.15) is 6.04 Å². The van der Waals surface area contributed by atoms with E-state index in [1.165, 1.54) is 0 Å². The molecular weight excluding hydrogens is 226 g/mol. The van der Waals surface area contributed by atoms with Crippen molar-refractivity contribution in [2.24, 2.45) is 0 Å². The van der Waals surface area contributed by atoms with E-state index in [2.05, 4.69) is 10.6 Å². The standard InChI is InChI=1S/C10H11N3O2S/c11-6-3-1-2-4-7(6)12-9(14)8-5-16-10(15)13-8/h1-4,8H,5,11H2,(H,12,14)(H,13,15). The number of rotatable bonds is 2. The third kappa shape index (κ3) is 2.27. The number of carbonyl (C=O) groups is 2. The number of carbonyl (C=O) groups excluding carboxylic acids is 2. The number of nitrogen functional groups attached to an aromatic ring is 1. The third-order valence-electron chi connectivity index (χ3n) is 2.21. The smallest absolute Gasteiger partial charge is 0.279 e. The summed E-state index contributed by atoms with van der Waals surface area (Å²) in [5.74, 6) is 0.216. The summed E-state index contributed by atoms with van der Waals surface area (Å²) in [4.78, 5) is 22.6. The molecule has 1 aliphatic rings. The van der Waals surface area contributed by atoms with Crippen LogP contribution in [0.3, 0.4) is 0 Å². The molecule has 6 heteroatoms. The lowest BCUT2D eigenvalue weighted by Gasteiger charge is -2.11. The number of nitrogens with two attached hydrogens (primary N) is 1. The van der Waals surface area contributed by atoms with Gasteiger partial charge >= 0.3 is 0 Å². The summed E-state index contributed by atoms with van der Waals surface area (Å²) in [7, 11) is 0. The van der Waals surface area contributed by atoms with Gasteiger partial charge < -0.3 is 16.4 Å². The van der Waals surface area contributed by atoms with Gasteiger partial charge in [0.05, 0.1) is 11.4 Å². The normalized spacial score (nSPS) is 19.2. The number of nitrogens with one attached hydrogen (secondary N) is 2. The molecule has 0 saturated carbocycles. The molecule has 84 valence electrons. The third-order valence-corrected chi connectivity index (χ3v) is 3.09. The minimum Gasteiger partial charge on any atom is -0.397 e. The molecule has 0 bridgehead atoms. The number of hydrogen-bond acceptors (Lipinski definition) is 4. The highest BCUT2D eigenvalue weighted by atomic mass is 32.2. The predicted octanol–water partition coefficient (Wildman–Crippen LogP) is 1.03. The fraction of sp³-hybridized carbons (Fsp3) is 0.200. The minimum atomic E-state index is -0.475. The molecule has 1 aromatic rings. The minimum absolute atomic E-state index is 0.166. The molecule has 2 rings (SSSR count). The Kier molecular flexibility index (Phi) is 3.00. The van der Waals surface area contributed by atoms with Crippen molar-refractivity contribution in [2.75, 3.05) is 16.8 Å². The summed E-state index contributed by atoms with van der Waals surface area (Å²) < 4.78 is 0. The molecule has 1 saturated heterocycles. The molecule has 1 atom stereocenters. The molecule has 0 aromatic heterocycles. The van der Waals surface area contributed by atoms with Crippen LogP contribution in [0, 0.1) is 0 Å². The Labute approximate surface area is 96.8 Å². The van der Waals surface area contributed by atoms with Gasteiger partial charge in [-0.2, -0.15) is 0 Å². The Morgan fingerprint density at radius 1 is 1.50 bits per heavy atom. The maximum absolute atomic E-state index is 11.7. The first-order valence-electron chi connectivity index (χ1n) is 4.75. The summed E-state index contributed by atoms with van der Waals surface area (Å²) >= 11 is 1.11. The molecule has 1 heterocycles. The average molecular weight is 237 g/mol. The molecule has 0 spiro atoms. The van der Waals surface area contributed by atoms with Crippen LogP contribution in [-0.2, 0) is 4.79 Å². The summed E-state index contributed by atoms with van der Waals surface area (Å²) in [5.41, 5.74) is 6.76. The van der Waals surface area contributed by atoms with Gasteiger partial charge in [0, 0.05) is 5.75 Å². The second-order valence-electron chi connectivity index (χ2n) is 3.37. The van der Waals surface area contributed by atoms with E-state index in [4.69, 9.17) is 5.73 Å². The van der Waals surface area contributed by atoms with E-state index in [0.29, 0.717) is 17.1 Å². The van der Waals surface area contributed by atoms with Crippen LogP contribution in [0.25, 0.3) is 0 Å². The number of thioether (sulfide) groups is 1. The molecule has 1 aliphatic heterocycles. The van der Waals surface area contributed by atoms with Crippen LogP contribution in [0.1, 0.15) is 0 Å². The van der Waals surface area contributed by atoms with Crippen LogP contribution in [0.5, 0.6) is 0 Å². The summed E-state index contributed by atoms with van der Waals surface area (Å²) in [6.07, 6.45) is 0. The van der Waals surface area contributed by atoms with Crippen molar-refractivity contribution >= 4 is 34.3 Å². The van der Waals surface area contributed by atoms with Gasteiger partial charge in [0.25, 0.3) is 5.24 Å². The molecule has 0 radical (unpaired) electrons.